The highest BCUT2D eigenvalue weighted by molar-refractivity contribution is 6.07. The minimum Gasteiger partial charge on any atom is -0.356 e. The van der Waals surface area contributed by atoms with Gasteiger partial charge in [-0.05, 0) is 42.8 Å². The lowest BCUT2D eigenvalue weighted by Gasteiger charge is -2.35. The van der Waals surface area contributed by atoms with Crippen molar-refractivity contribution in [1.82, 2.24) is 15.1 Å². The van der Waals surface area contributed by atoms with E-state index >= 15 is 0 Å². The summed E-state index contributed by atoms with van der Waals surface area (Å²) in [4.78, 5) is 19.4. The predicted molar refractivity (Wildman–Crippen MR) is 118 cm³/mol. The molecule has 0 saturated carbocycles. The van der Waals surface area contributed by atoms with E-state index in [2.05, 4.69) is 33.8 Å². The predicted octanol–water partition coefficient (Wildman–Crippen LogP) is 3.44. The largest absolute Gasteiger partial charge is 0.356 e. The molecule has 6 nitrogen and oxygen atoms in total. The maximum atomic E-state index is 13.1. The SMILES string of the molecule is CCN(CC)c1ccc(N2CCN(C(=O)c3cccc4ccccc34)CC2)nn1. The third-order valence-electron chi connectivity index (χ3n) is 5.63. The van der Waals surface area contributed by atoms with Gasteiger partial charge in [-0.2, -0.15) is 0 Å². The number of hydrogen-bond acceptors (Lipinski definition) is 5. The number of fused-ring (bicyclic) bond motifs is 1. The number of aromatic nitrogens is 2. The Morgan fingerprint density at radius 3 is 2.31 bits per heavy atom. The van der Waals surface area contributed by atoms with E-state index in [1.807, 2.05) is 59.5 Å². The molecule has 0 aliphatic carbocycles. The van der Waals surface area contributed by atoms with Crippen LogP contribution < -0.4 is 9.80 Å². The zero-order valence-electron chi connectivity index (χ0n) is 17.1. The van der Waals surface area contributed by atoms with Crippen LogP contribution in [0.5, 0.6) is 0 Å². The van der Waals surface area contributed by atoms with Gasteiger partial charge in [0.05, 0.1) is 0 Å². The number of anilines is 2. The van der Waals surface area contributed by atoms with Crippen LogP contribution in [0.3, 0.4) is 0 Å². The fraction of sp³-hybridized carbons (Fsp3) is 0.348. The van der Waals surface area contributed by atoms with Crippen LogP contribution in [0.25, 0.3) is 10.8 Å². The van der Waals surface area contributed by atoms with Crippen molar-refractivity contribution in [2.45, 2.75) is 13.8 Å². The van der Waals surface area contributed by atoms with E-state index in [-0.39, 0.29) is 5.91 Å². The van der Waals surface area contributed by atoms with Gasteiger partial charge in [-0.1, -0.05) is 36.4 Å². The van der Waals surface area contributed by atoms with Gasteiger partial charge in [0, 0.05) is 44.8 Å². The minimum absolute atomic E-state index is 0.101. The highest BCUT2D eigenvalue weighted by atomic mass is 16.2. The van der Waals surface area contributed by atoms with Gasteiger partial charge < -0.3 is 14.7 Å². The summed E-state index contributed by atoms with van der Waals surface area (Å²) in [6.07, 6.45) is 0. The average Bonchev–Trinajstić information content (AvgIpc) is 2.80. The molecule has 150 valence electrons. The Hall–Kier alpha value is -3.15. The Bertz CT molecular complexity index is 971. The summed E-state index contributed by atoms with van der Waals surface area (Å²) in [7, 11) is 0. The van der Waals surface area contributed by atoms with Gasteiger partial charge in [0.15, 0.2) is 11.6 Å². The molecular weight excluding hydrogens is 362 g/mol. The van der Waals surface area contributed by atoms with E-state index in [1.165, 1.54) is 0 Å². The molecule has 1 aliphatic rings. The van der Waals surface area contributed by atoms with Crippen LogP contribution in [0.1, 0.15) is 24.2 Å². The second-order valence-electron chi connectivity index (χ2n) is 7.23. The Labute approximate surface area is 171 Å². The molecule has 0 spiro atoms. The van der Waals surface area contributed by atoms with E-state index in [9.17, 15) is 4.79 Å². The van der Waals surface area contributed by atoms with Crippen LogP contribution in [0.4, 0.5) is 11.6 Å². The van der Waals surface area contributed by atoms with E-state index < -0.39 is 0 Å². The van der Waals surface area contributed by atoms with E-state index in [0.717, 1.165) is 54.2 Å². The highest BCUT2D eigenvalue weighted by Gasteiger charge is 2.24. The quantitative estimate of drug-likeness (QED) is 0.669. The maximum absolute atomic E-state index is 13.1. The van der Waals surface area contributed by atoms with Crippen molar-refractivity contribution in [2.24, 2.45) is 0 Å². The first-order valence-corrected chi connectivity index (χ1v) is 10.3. The molecule has 1 saturated heterocycles. The summed E-state index contributed by atoms with van der Waals surface area (Å²) in [6, 6.07) is 18.0. The third-order valence-corrected chi connectivity index (χ3v) is 5.63. The summed E-state index contributed by atoms with van der Waals surface area (Å²) in [6.45, 7) is 8.95. The van der Waals surface area contributed by atoms with Crippen LogP contribution >= 0.6 is 0 Å². The molecule has 6 heteroatoms. The molecule has 1 amide bonds. The molecule has 3 aromatic rings. The lowest BCUT2D eigenvalue weighted by molar-refractivity contribution is 0.0748. The van der Waals surface area contributed by atoms with Crippen molar-refractivity contribution in [2.75, 3.05) is 49.1 Å². The van der Waals surface area contributed by atoms with Crippen LogP contribution in [-0.2, 0) is 0 Å². The lowest BCUT2D eigenvalue weighted by atomic mass is 10.0. The van der Waals surface area contributed by atoms with Crippen molar-refractivity contribution >= 4 is 28.3 Å². The number of rotatable bonds is 5. The lowest BCUT2D eigenvalue weighted by Crippen LogP contribution is -2.49. The van der Waals surface area contributed by atoms with Crippen LogP contribution in [0.15, 0.2) is 54.6 Å². The second kappa shape index (κ2) is 8.47. The van der Waals surface area contributed by atoms with Gasteiger partial charge in [0.1, 0.15) is 0 Å². The Morgan fingerprint density at radius 1 is 0.897 bits per heavy atom. The molecule has 0 radical (unpaired) electrons. The smallest absolute Gasteiger partial charge is 0.254 e. The highest BCUT2D eigenvalue weighted by Crippen LogP contribution is 2.22. The molecule has 4 rings (SSSR count). The molecule has 0 atom stereocenters. The third kappa shape index (κ3) is 3.88. The number of nitrogens with zero attached hydrogens (tertiary/aromatic N) is 5. The summed E-state index contributed by atoms with van der Waals surface area (Å²) in [5.41, 5.74) is 0.778. The summed E-state index contributed by atoms with van der Waals surface area (Å²) in [5, 5.41) is 10.9. The molecule has 1 aliphatic heterocycles. The average molecular weight is 390 g/mol. The number of amides is 1. The minimum atomic E-state index is 0.101. The molecular formula is C23H27N5O. The zero-order chi connectivity index (χ0) is 20.2. The summed E-state index contributed by atoms with van der Waals surface area (Å²) >= 11 is 0. The van der Waals surface area contributed by atoms with Crippen molar-refractivity contribution in [3.8, 4) is 0 Å². The van der Waals surface area contributed by atoms with E-state index in [0.29, 0.717) is 13.1 Å². The topological polar surface area (TPSA) is 52.6 Å². The van der Waals surface area contributed by atoms with Gasteiger partial charge >= 0.3 is 0 Å². The van der Waals surface area contributed by atoms with Gasteiger partial charge in [0.2, 0.25) is 0 Å². The molecule has 2 aromatic carbocycles. The first kappa shape index (κ1) is 19.2. The monoisotopic (exact) mass is 389 g/mol. The Morgan fingerprint density at radius 2 is 1.62 bits per heavy atom. The second-order valence-corrected chi connectivity index (χ2v) is 7.23. The van der Waals surface area contributed by atoms with Gasteiger partial charge in [-0.15, -0.1) is 10.2 Å². The molecule has 29 heavy (non-hydrogen) atoms. The molecule has 0 bridgehead atoms. The Kier molecular flexibility index (Phi) is 5.60. The molecule has 1 aromatic heterocycles. The first-order valence-electron chi connectivity index (χ1n) is 10.3. The number of hydrogen-bond donors (Lipinski definition) is 0. The van der Waals surface area contributed by atoms with Crippen molar-refractivity contribution in [1.29, 1.82) is 0 Å². The Balaban J connectivity index is 1.43. The summed E-state index contributed by atoms with van der Waals surface area (Å²) in [5.74, 6) is 1.88. The van der Waals surface area contributed by atoms with Gasteiger partial charge in [0.25, 0.3) is 5.91 Å². The number of carbonyl (C=O) groups excluding carboxylic acids is 1. The fourth-order valence-electron chi connectivity index (χ4n) is 3.92. The van der Waals surface area contributed by atoms with Gasteiger partial charge in [-0.3, -0.25) is 4.79 Å². The van der Waals surface area contributed by atoms with Crippen molar-refractivity contribution in [3.05, 3.63) is 60.2 Å². The maximum Gasteiger partial charge on any atom is 0.254 e. The standard InChI is InChI=1S/C23H27N5O/c1-3-26(4-2)21-12-13-22(25-24-21)27-14-16-28(17-15-27)23(29)20-11-7-9-18-8-5-6-10-19(18)20/h5-13H,3-4,14-17H2,1-2H3. The number of piperazine rings is 1. The van der Waals surface area contributed by atoms with Crippen LogP contribution in [0, 0.1) is 0 Å². The van der Waals surface area contributed by atoms with Gasteiger partial charge in [-0.25, -0.2) is 0 Å². The zero-order valence-corrected chi connectivity index (χ0v) is 17.1. The number of carbonyl (C=O) groups is 1. The van der Waals surface area contributed by atoms with Crippen molar-refractivity contribution < 1.29 is 4.79 Å². The molecule has 0 unspecified atom stereocenters. The van der Waals surface area contributed by atoms with Crippen molar-refractivity contribution in [3.63, 3.8) is 0 Å². The number of benzene rings is 2. The van der Waals surface area contributed by atoms with Crippen LogP contribution in [0.2, 0.25) is 0 Å². The first-order chi connectivity index (χ1) is 14.2. The van der Waals surface area contributed by atoms with Crippen LogP contribution in [-0.4, -0.2) is 60.3 Å². The molecule has 1 fully saturated rings. The normalized spacial score (nSPS) is 14.3. The molecule has 0 N–H and O–H groups in total. The van der Waals surface area contributed by atoms with E-state index in [1.54, 1.807) is 0 Å². The fourth-order valence-corrected chi connectivity index (χ4v) is 3.92. The summed E-state index contributed by atoms with van der Waals surface area (Å²) < 4.78 is 0. The van der Waals surface area contributed by atoms with E-state index in [4.69, 9.17) is 0 Å². The molecule has 2 heterocycles.